The van der Waals surface area contributed by atoms with Crippen LogP contribution in [0.5, 0.6) is 5.75 Å². The van der Waals surface area contributed by atoms with Gasteiger partial charge in [0.15, 0.2) is 5.11 Å². The van der Waals surface area contributed by atoms with Crippen molar-refractivity contribution in [2.24, 2.45) is 5.92 Å². The van der Waals surface area contributed by atoms with Gasteiger partial charge in [0.05, 0.1) is 12.2 Å². The summed E-state index contributed by atoms with van der Waals surface area (Å²) in [6, 6.07) is 5.21. The summed E-state index contributed by atoms with van der Waals surface area (Å²) in [6.07, 6.45) is 5.95. The van der Waals surface area contributed by atoms with E-state index in [1.807, 2.05) is 13.0 Å². The van der Waals surface area contributed by atoms with Gasteiger partial charge in [0.1, 0.15) is 5.75 Å². The van der Waals surface area contributed by atoms with Gasteiger partial charge in [-0.25, -0.2) is 0 Å². The number of amides is 2. The Bertz CT molecular complexity index is 663. The van der Waals surface area contributed by atoms with Crippen LogP contribution in [0.4, 0.5) is 0 Å². The van der Waals surface area contributed by atoms with E-state index in [9.17, 15) is 9.59 Å². The highest BCUT2D eigenvalue weighted by Gasteiger charge is 2.21. The maximum Gasteiger partial charge on any atom is 0.261 e. The number of nitrogens with one attached hydrogen (secondary N) is 3. The highest BCUT2D eigenvalue weighted by molar-refractivity contribution is 9.10. The predicted octanol–water partition coefficient (Wildman–Crippen LogP) is 3.45. The van der Waals surface area contributed by atoms with Crippen molar-refractivity contribution in [2.75, 3.05) is 6.61 Å². The van der Waals surface area contributed by atoms with Crippen molar-refractivity contribution >= 4 is 45.1 Å². The molecule has 1 saturated carbocycles. The highest BCUT2D eigenvalue weighted by Crippen LogP contribution is 2.24. The van der Waals surface area contributed by atoms with Crippen molar-refractivity contribution < 1.29 is 14.3 Å². The number of hydrogen-bond donors (Lipinski definition) is 3. The van der Waals surface area contributed by atoms with E-state index >= 15 is 0 Å². The molecule has 0 heterocycles. The molecule has 1 aliphatic carbocycles. The van der Waals surface area contributed by atoms with Gasteiger partial charge in [-0.1, -0.05) is 42.1 Å². The third kappa shape index (κ3) is 6.25. The molecule has 1 fully saturated rings. The Morgan fingerprint density at radius 1 is 1.23 bits per heavy atom. The van der Waals surface area contributed by atoms with Crippen LogP contribution in [-0.2, 0) is 4.79 Å². The monoisotopic (exact) mass is 441 g/mol. The molecule has 0 unspecified atom stereocenters. The molecule has 0 spiro atoms. The van der Waals surface area contributed by atoms with Gasteiger partial charge in [0.2, 0.25) is 5.91 Å². The molecule has 0 aliphatic heterocycles. The van der Waals surface area contributed by atoms with Gasteiger partial charge in [-0.15, -0.1) is 0 Å². The van der Waals surface area contributed by atoms with Gasteiger partial charge in [-0.05, 0) is 49.7 Å². The number of carbonyl (C=O) groups is 2. The lowest BCUT2D eigenvalue weighted by molar-refractivity contribution is -0.126. The topological polar surface area (TPSA) is 79.5 Å². The molecular weight excluding hydrogens is 418 g/mol. The molecule has 6 nitrogen and oxygen atoms in total. The van der Waals surface area contributed by atoms with Crippen molar-refractivity contribution in [3.8, 4) is 5.75 Å². The summed E-state index contributed by atoms with van der Waals surface area (Å²) in [5.41, 5.74) is 5.56. The van der Waals surface area contributed by atoms with E-state index in [0.29, 0.717) is 17.9 Å². The zero-order chi connectivity index (χ0) is 18.9. The molecule has 142 valence electrons. The number of benzene rings is 1. The largest absolute Gasteiger partial charge is 0.493 e. The second kappa shape index (κ2) is 10.5. The van der Waals surface area contributed by atoms with Crippen molar-refractivity contribution in [3.63, 3.8) is 0 Å². The van der Waals surface area contributed by atoms with Gasteiger partial charge in [0, 0.05) is 10.4 Å². The first-order valence-electron chi connectivity index (χ1n) is 8.84. The van der Waals surface area contributed by atoms with Crippen LogP contribution in [0.3, 0.4) is 0 Å². The summed E-state index contributed by atoms with van der Waals surface area (Å²) in [5.74, 6) is 0.00742. The van der Waals surface area contributed by atoms with Gasteiger partial charge >= 0.3 is 0 Å². The molecule has 1 aromatic rings. The highest BCUT2D eigenvalue weighted by atomic mass is 79.9. The van der Waals surface area contributed by atoms with Crippen molar-refractivity contribution in [1.29, 1.82) is 0 Å². The molecule has 0 saturated heterocycles. The average molecular weight is 442 g/mol. The number of hydrogen-bond acceptors (Lipinski definition) is 4. The minimum atomic E-state index is -0.401. The fourth-order valence-electron chi connectivity index (χ4n) is 2.80. The Hall–Kier alpha value is -1.67. The van der Waals surface area contributed by atoms with Crippen molar-refractivity contribution in [3.05, 3.63) is 28.2 Å². The van der Waals surface area contributed by atoms with Crippen LogP contribution in [-0.4, -0.2) is 23.5 Å². The van der Waals surface area contributed by atoms with Crippen LogP contribution < -0.4 is 20.9 Å². The molecule has 1 aliphatic rings. The number of rotatable bonds is 5. The number of hydrazine groups is 1. The minimum absolute atomic E-state index is 0.00822. The lowest BCUT2D eigenvalue weighted by Gasteiger charge is -2.21. The van der Waals surface area contributed by atoms with E-state index in [4.69, 9.17) is 17.0 Å². The zero-order valence-corrected chi connectivity index (χ0v) is 17.2. The minimum Gasteiger partial charge on any atom is -0.493 e. The maximum absolute atomic E-state index is 12.5. The van der Waals surface area contributed by atoms with Gasteiger partial charge in [0.25, 0.3) is 5.91 Å². The lowest BCUT2D eigenvalue weighted by atomic mass is 9.89. The first kappa shape index (κ1) is 20.6. The first-order valence-corrected chi connectivity index (χ1v) is 10.0. The molecule has 0 atom stereocenters. The van der Waals surface area contributed by atoms with Crippen LogP contribution in [0.1, 0.15) is 55.8 Å². The second-order valence-electron chi connectivity index (χ2n) is 6.22. The quantitative estimate of drug-likeness (QED) is 0.481. The Morgan fingerprint density at radius 3 is 2.65 bits per heavy atom. The summed E-state index contributed by atoms with van der Waals surface area (Å²) in [6.45, 7) is 2.51. The number of ether oxygens (including phenoxy) is 1. The van der Waals surface area contributed by atoms with E-state index < -0.39 is 5.91 Å². The summed E-state index contributed by atoms with van der Waals surface area (Å²) in [7, 11) is 0. The first-order chi connectivity index (χ1) is 12.5. The van der Waals surface area contributed by atoms with Crippen LogP contribution in [0.2, 0.25) is 0 Å². The predicted molar refractivity (Wildman–Crippen MR) is 108 cm³/mol. The van der Waals surface area contributed by atoms with Crippen molar-refractivity contribution in [2.45, 2.75) is 45.4 Å². The van der Waals surface area contributed by atoms with Crippen LogP contribution in [0.25, 0.3) is 0 Å². The van der Waals surface area contributed by atoms with E-state index in [0.717, 1.165) is 36.6 Å². The van der Waals surface area contributed by atoms with Crippen LogP contribution in [0, 0.1) is 5.92 Å². The van der Waals surface area contributed by atoms with Crippen LogP contribution in [0.15, 0.2) is 22.7 Å². The standard InChI is InChI=1S/C18H24BrN3O3S/c1-2-10-25-15-9-8-13(19)11-14(15)17(24)20-18(26)22-21-16(23)12-6-4-3-5-7-12/h8-9,11-12H,2-7,10H2,1H3,(H,21,23)(H2,20,22,24,26). The molecule has 1 aromatic carbocycles. The SMILES string of the molecule is CCCOc1ccc(Br)cc1C(=O)NC(=S)NNC(=O)C1CCCCC1. The van der Waals surface area contributed by atoms with Gasteiger partial charge in [-0.3, -0.25) is 25.8 Å². The smallest absolute Gasteiger partial charge is 0.261 e. The molecule has 3 N–H and O–H groups in total. The molecule has 8 heteroatoms. The Labute approximate surface area is 167 Å². The summed E-state index contributed by atoms with van der Waals surface area (Å²) in [4.78, 5) is 24.6. The lowest BCUT2D eigenvalue weighted by Crippen LogP contribution is -2.50. The number of carbonyl (C=O) groups excluding carboxylic acids is 2. The fraction of sp³-hybridized carbons (Fsp3) is 0.500. The summed E-state index contributed by atoms with van der Waals surface area (Å²) < 4.78 is 6.37. The summed E-state index contributed by atoms with van der Waals surface area (Å²) >= 11 is 8.46. The Kier molecular flexibility index (Phi) is 8.31. The Balaban J connectivity index is 1.89. The van der Waals surface area contributed by atoms with E-state index in [-0.39, 0.29) is 16.9 Å². The van der Waals surface area contributed by atoms with E-state index in [1.165, 1.54) is 6.42 Å². The fourth-order valence-corrected chi connectivity index (χ4v) is 3.31. The third-order valence-corrected chi connectivity index (χ3v) is 4.85. The normalized spacial score (nSPS) is 14.4. The van der Waals surface area contributed by atoms with Gasteiger partial charge < -0.3 is 4.74 Å². The summed E-state index contributed by atoms with van der Waals surface area (Å²) in [5, 5.41) is 2.61. The maximum atomic E-state index is 12.5. The molecule has 26 heavy (non-hydrogen) atoms. The molecule has 0 aromatic heterocycles. The van der Waals surface area contributed by atoms with Crippen LogP contribution >= 0.6 is 28.1 Å². The zero-order valence-electron chi connectivity index (χ0n) is 14.8. The molecule has 2 rings (SSSR count). The molecule has 0 radical (unpaired) electrons. The number of halogens is 1. The van der Waals surface area contributed by atoms with E-state index in [1.54, 1.807) is 12.1 Å². The van der Waals surface area contributed by atoms with Gasteiger partial charge in [-0.2, -0.15) is 0 Å². The number of thiocarbonyl (C=S) groups is 1. The average Bonchev–Trinajstić information content (AvgIpc) is 2.65. The Morgan fingerprint density at radius 2 is 1.96 bits per heavy atom. The second-order valence-corrected chi connectivity index (χ2v) is 7.55. The molecule has 2 amide bonds. The molecular formula is C18H24BrN3O3S. The van der Waals surface area contributed by atoms with E-state index in [2.05, 4.69) is 32.1 Å². The third-order valence-electron chi connectivity index (χ3n) is 4.15. The molecule has 0 bridgehead atoms. The van der Waals surface area contributed by atoms with Crippen molar-refractivity contribution in [1.82, 2.24) is 16.2 Å².